The van der Waals surface area contributed by atoms with Crippen LogP contribution in [0.2, 0.25) is 0 Å². The molecule has 0 aliphatic carbocycles. The Morgan fingerprint density at radius 3 is 2.36 bits per heavy atom. The molecule has 132 valence electrons. The molecule has 25 heavy (non-hydrogen) atoms. The summed E-state index contributed by atoms with van der Waals surface area (Å²) >= 11 is 0. The number of carbonyl (C=O) groups excluding carboxylic acids is 2. The predicted octanol–water partition coefficient (Wildman–Crippen LogP) is 3.72. The summed E-state index contributed by atoms with van der Waals surface area (Å²) in [4.78, 5) is 25.0. The van der Waals surface area contributed by atoms with Crippen molar-refractivity contribution in [1.29, 1.82) is 0 Å². The molecule has 0 spiro atoms. The minimum absolute atomic E-state index is 0.0334. The van der Waals surface area contributed by atoms with Crippen molar-refractivity contribution < 1.29 is 14.0 Å². The van der Waals surface area contributed by atoms with Crippen LogP contribution in [0.15, 0.2) is 42.5 Å². The highest BCUT2D eigenvalue weighted by Gasteiger charge is 2.36. The van der Waals surface area contributed by atoms with Crippen LogP contribution in [0.4, 0.5) is 10.1 Å². The molecular formula is C20H23FN2O2. The number of aryl methyl sites for hydroxylation is 1. The zero-order valence-electron chi connectivity index (χ0n) is 14.9. The third-order valence-corrected chi connectivity index (χ3v) is 4.39. The average molecular weight is 342 g/mol. The van der Waals surface area contributed by atoms with Crippen molar-refractivity contribution in [1.82, 2.24) is 5.32 Å². The smallest absolute Gasteiger partial charge is 0.239 e. The lowest BCUT2D eigenvalue weighted by molar-refractivity contribution is -0.138. The lowest BCUT2D eigenvalue weighted by Gasteiger charge is -2.23. The summed E-state index contributed by atoms with van der Waals surface area (Å²) in [5, 5.41) is 5.44. The average Bonchev–Trinajstić information content (AvgIpc) is 2.57. The molecule has 2 N–H and O–H groups in total. The van der Waals surface area contributed by atoms with E-state index >= 15 is 0 Å². The highest BCUT2D eigenvalue weighted by molar-refractivity contribution is 6.10. The van der Waals surface area contributed by atoms with Crippen LogP contribution in [0.1, 0.15) is 30.5 Å². The Kier molecular flexibility index (Phi) is 5.57. The van der Waals surface area contributed by atoms with E-state index in [1.807, 2.05) is 26.0 Å². The first-order chi connectivity index (χ1) is 11.7. The van der Waals surface area contributed by atoms with Gasteiger partial charge in [0.15, 0.2) is 0 Å². The maximum Gasteiger partial charge on any atom is 0.239 e. The van der Waals surface area contributed by atoms with E-state index in [-0.39, 0.29) is 12.4 Å². The van der Waals surface area contributed by atoms with Gasteiger partial charge in [0.1, 0.15) is 11.2 Å². The zero-order valence-corrected chi connectivity index (χ0v) is 14.9. The molecule has 0 saturated heterocycles. The molecule has 0 radical (unpaired) electrons. The molecule has 0 saturated carbocycles. The fourth-order valence-corrected chi connectivity index (χ4v) is 2.31. The van der Waals surface area contributed by atoms with Crippen molar-refractivity contribution >= 4 is 17.5 Å². The highest BCUT2D eigenvalue weighted by atomic mass is 19.1. The Morgan fingerprint density at radius 1 is 1.00 bits per heavy atom. The van der Waals surface area contributed by atoms with Crippen LogP contribution in [-0.2, 0) is 16.1 Å². The van der Waals surface area contributed by atoms with Gasteiger partial charge in [-0.1, -0.05) is 30.3 Å². The standard InChI is InChI=1S/C20H23FN2O2/c1-13-8-7-11-17(14(13)2)23-19(25)20(3,4)18(24)22-12-15-9-5-6-10-16(15)21/h5-11H,12H2,1-4H3,(H,22,24)(H,23,25). The Bertz CT molecular complexity index is 800. The normalized spacial score (nSPS) is 11.1. The number of carbonyl (C=O) groups is 2. The highest BCUT2D eigenvalue weighted by Crippen LogP contribution is 2.23. The largest absolute Gasteiger partial charge is 0.351 e. The predicted molar refractivity (Wildman–Crippen MR) is 96.6 cm³/mol. The number of hydrogen-bond acceptors (Lipinski definition) is 2. The second-order valence-corrected chi connectivity index (χ2v) is 6.60. The molecule has 2 aromatic carbocycles. The van der Waals surface area contributed by atoms with Crippen molar-refractivity contribution in [2.75, 3.05) is 5.32 Å². The number of benzene rings is 2. The fraction of sp³-hybridized carbons (Fsp3) is 0.300. The second kappa shape index (κ2) is 7.47. The number of amides is 2. The van der Waals surface area contributed by atoms with E-state index in [1.54, 1.807) is 38.1 Å². The number of anilines is 1. The molecule has 0 unspecified atom stereocenters. The van der Waals surface area contributed by atoms with E-state index in [0.29, 0.717) is 11.3 Å². The van der Waals surface area contributed by atoms with Crippen LogP contribution in [0.25, 0.3) is 0 Å². The molecule has 0 bridgehead atoms. The van der Waals surface area contributed by atoms with Crippen molar-refractivity contribution in [3.63, 3.8) is 0 Å². The van der Waals surface area contributed by atoms with Gasteiger partial charge in [-0.2, -0.15) is 0 Å². The summed E-state index contributed by atoms with van der Waals surface area (Å²) in [5.74, 6) is -1.26. The number of halogens is 1. The van der Waals surface area contributed by atoms with Crippen molar-refractivity contribution in [2.45, 2.75) is 34.2 Å². The van der Waals surface area contributed by atoms with E-state index < -0.39 is 17.2 Å². The molecule has 0 aliphatic heterocycles. The Morgan fingerprint density at radius 2 is 1.68 bits per heavy atom. The van der Waals surface area contributed by atoms with Gasteiger partial charge in [0.05, 0.1) is 0 Å². The quantitative estimate of drug-likeness (QED) is 0.814. The summed E-state index contributed by atoms with van der Waals surface area (Å²) in [6, 6.07) is 11.8. The van der Waals surface area contributed by atoms with E-state index in [9.17, 15) is 14.0 Å². The van der Waals surface area contributed by atoms with Gasteiger partial charge in [0, 0.05) is 17.8 Å². The molecular weight excluding hydrogens is 319 g/mol. The van der Waals surface area contributed by atoms with Gasteiger partial charge in [-0.3, -0.25) is 9.59 Å². The molecule has 0 atom stereocenters. The van der Waals surface area contributed by atoms with Gasteiger partial charge in [-0.05, 0) is 51.0 Å². The van der Waals surface area contributed by atoms with Gasteiger partial charge >= 0.3 is 0 Å². The van der Waals surface area contributed by atoms with E-state index in [2.05, 4.69) is 10.6 Å². The fourth-order valence-electron chi connectivity index (χ4n) is 2.31. The molecule has 2 amide bonds. The first kappa shape index (κ1) is 18.6. The molecule has 0 fully saturated rings. The Labute approximate surface area is 147 Å². The van der Waals surface area contributed by atoms with Crippen LogP contribution in [0.3, 0.4) is 0 Å². The number of nitrogens with one attached hydrogen (secondary N) is 2. The van der Waals surface area contributed by atoms with Crippen molar-refractivity contribution in [2.24, 2.45) is 5.41 Å². The third kappa shape index (κ3) is 4.24. The van der Waals surface area contributed by atoms with E-state index in [4.69, 9.17) is 0 Å². The first-order valence-electron chi connectivity index (χ1n) is 8.13. The van der Waals surface area contributed by atoms with E-state index in [1.165, 1.54) is 6.07 Å². The van der Waals surface area contributed by atoms with Crippen LogP contribution < -0.4 is 10.6 Å². The summed E-state index contributed by atoms with van der Waals surface area (Å²) in [6.45, 7) is 6.99. The number of rotatable bonds is 5. The molecule has 2 rings (SSSR count). The summed E-state index contributed by atoms with van der Waals surface area (Å²) < 4.78 is 13.6. The van der Waals surface area contributed by atoms with Crippen LogP contribution in [0, 0.1) is 25.1 Å². The molecule has 4 nitrogen and oxygen atoms in total. The summed E-state index contributed by atoms with van der Waals surface area (Å²) in [5.41, 5.74) is 1.78. The lowest BCUT2D eigenvalue weighted by Crippen LogP contribution is -2.45. The van der Waals surface area contributed by atoms with Gasteiger partial charge < -0.3 is 10.6 Å². The lowest BCUT2D eigenvalue weighted by atomic mass is 9.90. The third-order valence-electron chi connectivity index (χ3n) is 4.39. The van der Waals surface area contributed by atoms with E-state index in [0.717, 1.165) is 11.1 Å². The maximum atomic E-state index is 13.6. The molecule has 5 heteroatoms. The summed E-state index contributed by atoms with van der Waals surface area (Å²) in [6.07, 6.45) is 0. The molecule has 0 aliphatic rings. The van der Waals surface area contributed by atoms with Gasteiger partial charge in [0.25, 0.3) is 0 Å². The molecule has 0 aromatic heterocycles. The SMILES string of the molecule is Cc1cccc(NC(=O)C(C)(C)C(=O)NCc2ccccc2F)c1C. The zero-order chi connectivity index (χ0) is 18.6. The minimum Gasteiger partial charge on any atom is -0.351 e. The van der Waals surface area contributed by atoms with Crippen molar-refractivity contribution in [3.8, 4) is 0 Å². The van der Waals surface area contributed by atoms with Gasteiger partial charge in [0.2, 0.25) is 11.8 Å². The number of hydrogen-bond donors (Lipinski definition) is 2. The minimum atomic E-state index is -1.29. The van der Waals surface area contributed by atoms with Crippen LogP contribution in [-0.4, -0.2) is 11.8 Å². The van der Waals surface area contributed by atoms with Gasteiger partial charge in [-0.25, -0.2) is 4.39 Å². The Balaban J connectivity index is 2.06. The molecule has 2 aromatic rings. The van der Waals surface area contributed by atoms with Crippen LogP contribution in [0.5, 0.6) is 0 Å². The Hall–Kier alpha value is -2.69. The summed E-state index contributed by atoms with van der Waals surface area (Å²) in [7, 11) is 0. The second-order valence-electron chi connectivity index (χ2n) is 6.60. The topological polar surface area (TPSA) is 58.2 Å². The van der Waals surface area contributed by atoms with Crippen LogP contribution >= 0.6 is 0 Å². The first-order valence-corrected chi connectivity index (χ1v) is 8.13. The van der Waals surface area contributed by atoms with Gasteiger partial charge in [-0.15, -0.1) is 0 Å². The monoisotopic (exact) mass is 342 g/mol. The maximum absolute atomic E-state index is 13.6. The molecule has 0 heterocycles. The van der Waals surface area contributed by atoms with Crippen molar-refractivity contribution in [3.05, 3.63) is 65.0 Å².